The van der Waals surface area contributed by atoms with Gasteiger partial charge in [-0.2, -0.15) is 0 Å². The standard InChI is InChI=1S/C82H160O17P2/c1-7-9-11-13-15-17-19-21-23-24-25-26-27-28-30-32-34-41-48-54-60-66-81(86)98-77(70-92-79(84)64-58-52-46-40-33-31-29-22-20-18-16-14-12-10-8-2)72-96-100(88,89)94-68-76(83)69-95-101(90,91)97-73-78(71-93-80(85)65-59-53-47-43-37-39-45-51-57-63-75(5)6)99-82(87)67-61-55-49-42-36-35-38-44-50-56-62-74(3)4/h74-78,83H,7-73H2,1-6H3,(H,88,89)(H,90,91)/t76-,77-,78-/m1/s1. The summed E-state index contributed by atoms with van der Waals surface area (Å²) in [6, 6.07) is 0. The van der Waals surface area contributed by atoms with Crippen molar-refractivity contribution in [3.63, 3.8) is 0 Å². The van der Waals surface area contributed by atoms with Crippen LogP contribution in [0.25, 0.3) is 0 Å². The van der Waals surface area contributed by atoms with Crippen molar-refractivity contribution in [2.24, 2.45) is 11.8 Å². The number of phosphoric ester groups is 2. The molecule has 600 valence electrons. The van der Waals surface area contributed by atoms with E-state index in [9.17, 15) is 43.2 Å². The van der Waals surface area contributed by atoms with E-state index in [1.165, 1.54) is 250 Å². The Labute approximate surface area is 619 Å². The minimum Gasteiger partial charge on any atom is -0.462 e. The zero-order chi connectivity index (χ0) is 74.2. The zero-order valence-corrected chi connectivity index (χ0v) is 68.0. The van der Waals surface area contributed by atoms with Crippen LogP contribution in [0.4, 0.5) is 0 Å². The molecule has 0 aromatic carbocycles. The summed E-state index contributed by atoms with van der Waals surface area (Å²) in [5.41, 5.74) is 0. The first-order valence-corrected chi connectivity index (χ1v) is 45.5. The number of esters is 4. The van der Waals surface area contributed by atoms with Gasteiger partial charge in [-0.25, -0.2) is 9.13 Å². The van der Waals surface area contributed by atoms with Crippen LogP contribution in [0.5, 0.6) is 0 Å². The van der Waals surface area contributed by atoms with E-state index >= 15 is 0 Å². The molecule has 0 aliphatic rings. The third-order valence-electron chi connectivity index (χ3n) is 19.2. The summed E-state index contributed by atoms with van der Waals surface area (Å²) in [7, 11) is -9.92. The molecule has 0 radical (unpaired) electrons. The van der Waals surface area contributed by atoms with Gasteiger partial charge < -0.3 is 33.8 Å². The van der Waals surface area contributed by atoms with Gasteiger partial charge in [0.05, 0.1) is 26.4 Å². The monoisotopic (exact) mass is 1480 g/mol. The first-order chi connectivity index (χ1) is 48.9. The molecule has 5 atom stereocenters. The van der Waals surface area contributed by atoms with Crippen molar-refractivity contribution < 1.29 is 80.2 Å². The van der Waals surface area contributed by atoms with Crippen LogP contribution >= 0.6 is 15.6 Å². The second-order valence-electron chi connectivity index (χ2n) is 30.5. The summed E-state index contributed by atoms with van der Waals surface area (Å²) >= 11 is 0. The quantitative estimate of drug-likeness (QED) is 0.0222. The smallest absolute Gasteiger partial charge is 0.462 e. The molecule has 0 aliphatic carbocycles. The Balaban J connectivity index is 5.23. The number of aliphatic hydroxyl groups is 1. The number of carbonyl (C=O) groups is 4. The highest BCUT2D eigenvalue weighted by molar-refractivity contribution is 7.47. The number of hydrogen-bond acceptors (Lipinski definition) is 15. The summed E-state index contributed by atoms with van der Waals surface area (Å²) in [5.74, 6) is -0.612. The predicted octanol–water partition coefficient (Wildman–Crippen LogP) is 24.7. The highest BCUT2D eigenvalue weighted by Crippen LogP contribution is 2.45. The van der Waals surface area contributed by atoms with Crippen molar-refractivity contribution in [1.82, 2.24) is 0 Å². The maximum absolute atomic E-state index is 13.1. The van der Waals surface area contributed by atoms with E-state index in [1.54, 1.807) is 0 Å². The molecule has 0 amide bonds. The predicted molar refractivity (Wildman–Crippen MR) is 414 cm³/mol. The zero-order valence-electron chi connectivity index (χ0n) is 66.2. The highest BCUT2D eigenvalue weighted by atomic mass is 31.2. The van der Waals surface area contributed by atoms with Crippen molar-refractivity contribution in [3.8, 4) is 0 Å². The average Bonchev–Trinajstić information content (AvgIpc) is 0.939. The van der Waals surface area contributed by atoms with Crippen LogP contribution in [-0.4, -0.2) is 96.7 Å². The molecule has 0 saturated heterocycles. The molecule has 0 aromatic rings. The fourth-order valence-electron chi connectivity index (χ4n) is 12.7. The summed E-state index contributed by atoms with van der Waals surface area (Å²) in [6.07, 6.45) is 63.9. The van der Waals surface area contributed by atoms with Gasteiger partial charge in [0.1, 0.15) is 19.3 Å². The third kappa shape index (κ3) is 76.1. The molecule has 2 unspecified atom stereocenters. The Morgan fingerprint density at radius 3 is 0.673 bits per heavy atom. The van der Waals surface area contributed by atoms with E-state index in [0.29, 0.717) is 25.7 Å². The van der Waals surface area contributed by atoms with Crippen molar-refractivity contribution in [1.29, 1.82) is 0 Å². The van der Waals surface area contributed by atoms with E-state index < -0.39 is 97.5 Å². The molecule has 0 spiro atoms. The van der Waals surface area contributed by atoms with Crippen molar-refractivity contribution in [3.05, 3.63) is 0 Å². The summed E-state index contributed by atoms with van der Waals surface area (Å²) in [5, 5.41) is 10.6. The molecule has 17 nitrogen and oxygen atoms in total. The SMILES string of the molecule is CCCCCCCCCCCCCCCCCCCCCCCC(=O)O[C@H](COC(=O)CCCCCCCCCCCCCCCCC)COP(=O)(O)OC[C@@H](O)COP(=O)(O)OC[C@@H](COC(=O)CCCCCCCCCCCC(C)C)OC(=O)CCCCCCCCCCCCC(C)C. The van der Waals surface area contributed by atoms with Crippen molar-refractivity contribution in [2.45, 2.75) is 452 Å². The lowest BCUT2D eigenvalue weighted by Crippen LogP contribution is -2.30. The van der Waals surface area contributed by atoms with E-state index in [-0.39, 0.29) is 25.7 Å². The van der Waals surface area contributed by atoms with Crippen LogP contribution in [-0.2, 0) is 65.4 Å². The van der Waals surface area contributed by atoms with Crippen LogP contribution in [0, 0.1) is 11.8 Å². The lowest BCUT2D eigenvalue weighted by Gasteiger charge is -2.21. The summed E-state index contributed by atoms with van der Waals surface area (Å²) in [4.78, 5) is 73.1. The van der Waals surface area contributed by atoms with Gasteiger partial charge in [0.2, 0.25) is 0 Å². The molecular formula is C82H160O17P2. The molecule has 19 heteroatoms. The number of aliphatic hydroxyl groups excluding tert-OH is 1. The van der Waals surface area contributed by atoms with Gasteiger partial charge in [0.15, 0.2) is 12.2 Å². The number of unbranched alkanes of at least 4 members (excludes halogenated alkanes) is 51. The molecule has 0 bridgehead atoms. The first kappa shape index (κ1) is 99.1. The lowest BCUT2D eigenvalue weighted by atomic mass is 10.0. The summed E-state index contributed by atoms with van der Waals surface area (Å²) < 4.78 is 68.8. The Bertz CT molecular complexity index is 1940. The number of phosphoric acid groups is 2. The normalized spacial score (nSPS) is 13.9. The van der Waals surface area contributed by atoms with Crippen LogP contribution in [0.15, 0.2) is 0 Å². The Kier molecular flexibility index (Phi) is 72.2. The Morgan fingerprint density at radius 2 is 0.455 bits per heavy atom. The first-order valence-electron chi connectivity index (χ1n) is 42.5. The molecule has 0 saturated carbocycles. The van der Waals surface area contributed by atoms with Crippen LogP contribution < -0.4 is 0 Å². The molecule has 0 aromatic heterocycles. The average molecular weight is 1480 g/mol. The summed E-state index contributed by atoms with van der Waals surface area (Å²) in [6.45, 7) is 9.61. The van der Waals surface area contributed by atoms with Crippen molar-refractivity contribution >= 4 is 39.5 Å². The van der Waals surface area contributed by atoms with Gasteiger partial charge >= 0.3 is 39.5 Å². The van der Waals surface area contributed by atoms with Gasteiger partial charge in [0, 0.05) is 25.7 Å². The fraction of sp³-hybridized carbons (Fsp3) is 0.951. The molecule has 0 aliphatic heterocycles. The van der Waals surface area contributed by atoms with Crippen LogP contribution in [0.2, 0.25) is 0 Å². The maximum Gasteiger partial charge on any atom is 0.472 e. The second-order valence-corrected chi connectivity index (χ2v) is 33.4. The number of carbonyl (C=O) groups excluding carboxylic acids is 4. The molecule has 0 fully saturated rings. The largest absolute Gasteiger partial charge is 0.472 e. The molecule has 0 rings (SSSR count). The maximum atomic E-state index is 13.1. The van der Waals surface area contributed by atoms with Gasteiger partial charge in [-0.15, -0.1) is 0 Å². The molecule has 101 heavy (non-hydrogen) atoms. The molecule has 3 N–H and O–H groups in total. The number of rotatable bonds is 81. The van der Waals surface area contributed by atoms with Gasteiger partial charge in [-0.3, -0.25) is 37.3 Å². The van der Waals surface area contributed by atoms with Crippen molar-refractivity contribution in [2.75, 3.05) is 39.6 Å². The lowest BCUT2D eigenvalue weighted by molar-refractivity contribution is -0.161. The van der Waals surface area contributed by atoms with E-state index in [0.717, 1.165) is 102 Å². The van der Waals surface area contributed by atoms with Crippen LogP contribution in [0.3, 0.4) is 0 Å². The molecular weight excluding hydrogens is 1320 g/mol. The van der Waals surface area contributed by atoms with E-state index in [2.05, 4.69) is 41.5 Å². The minimum absolute atomic E-state index is 0.106. The second kappa shape index (κ2) is 73.6. The minimum atomic E-state index is -4.96. The highest BCUT2D eigenvalue weighted by Gasteiger charge is 2.30. The Hall–Kier alpha value is -1.94. The molecule has 0 heterocycles. The third-order valence-corrected chi connectivity index (χ3v) is 21.1. The van der Waals surface area contributed by atoms with Gasteiger partial charge in [-0.1, -0.05) is 382 Å². The Morgan fingerprint density at radius 1 is 0.267 bits per heavy atom. The van der Waals surface area contributed by atoms with Crippen LogP contribution in [0.1, 0.15) is 433 Å². The number of hydrogen-bond donors (Lipinski definition) is 3. The van der Waals surface area contributed by atoms with E-state index in [1.807, 2.05) is 0 Å². The van der Waals surface area contributed by atoms with E-state index in [4.69, 9.17) is 37.0 Å². The fourth-order valence-corrected chi connectivity index (χ4v) is 14.3. The topological polar surface area (TPSA) is 237 Å². The number of ether oxygens (including phenoxy) is 4. The van der Waals surface area contributed by atoms with Gasteiger partial charge in [-0.05, 0) is 37.5 Å². The van der Waals surface area contributed by atoms with Gasteiger partial charge in [0.25, 0.3) is 0 Å².